The van der Waals surface area contributed by atoms with E-state index < -0.39 is 0 Å². The van der Waals surface area contributed by atoms with Crippen molar-refractivity contribution in [1.82, 2.24) is 9.88 Å². The predicted molar refractivity (Wildman–Crippen MR) is 60.8 cm³/mol. The van der Waals surface area contributed by atoms with Crippen LogP contribution in [0, 0.1) is 0 Å². The minimum Gasteiger partial charge on any atom is -0.490 e. The summed E-state index contributed by atoms with van der Waals surface area (Å²) >= 11 is 0. The standard InChI is InChI=1S/C10H16N4O2/c1-14(2)6-7-16-8-4-3-5-12-9(8)10(11)13-15/h3-5,15H,6-7H2,1-2H3,(H2,11,13). The van der Waals surface area contributed by atoms with Crippen LogP contribution in [0.5, 0.6) is 5.75 Å². The highest BCUT2D eigenvalue weighted by Gasteiger charge is 2.08. The van der Waals surface area contributed by atoms with E-state index in [-0.39, 0.29) is 5.84 Å². The summed E-state index contributed by atoms with van der Waals surface area (Å²) in [4.78, 5) is 5.99. The molecule has 88 valence electrons. The summed E-state index contributed by atoms with van der Waals surface area (Å²) in [5.74, 6) is 0.458. The first kappa shape index (κ1) is 12.3. The van der Waals surface area contributed by atoms with Crippen LogP contribution in [0.3, 0.4) is 0 Å². The summed E-state index contributed by atoms with van der Waals surface area (Å²) in [6.07, 6.45) is 1.56. The number of likely N-dealkylation sites (N-methyl/N-ethyl adjacent to an activating group) is 1. The molecule has 0 aliphatic heterocycles. The van der Waals surface area contributed by atoms with Gasteiger partial charge in [0.15, 0.2) is 11.5 Å². The first-order chi connectivity index (χ1) is 7.65. The van der Waals surface area contributed by atoms with Crippen molar-refractivity contribution < 1.29 is 9.94 Å². The van der Waals surface area contributed by atoms with Crippen molar-refractivity contribution >= 4 is 5.84 Å². The van der Waals surface area contributed by atoms with Crippen molar-refractivity contribution in [1.29, 1.82) is 0 Å². The highest BCUT2D eigenvalue weighted by Crippen LogP contribution is 2.14. The number of hydrogen-bond donors (Lipinski definition) is 2. The summed E-state index contributed by atoms with van der Waals surface area (Å²) in [5.41, 5.74) is 5.82. The van der Waals surface area contributed by atoms with Crippen molar-refractivity contribution in [2.24, 2.45) is 10.9 Å². The van der Waals surface area contributed by atoms with Crippen LogP contribution >= 0.6 is 0 Å². The van der Waals surface area contributed by atoms with Gasteiger partial charge in [0.05, 0.1) is 0 Å². The topological polar surface area (TPSA) is 84.0 Å². The molecule has 1 aromatic heterocycles. The third-order valence-electron chi connectivity index (χ3n) is 1.92. The van der Waals surface area contributed by atoms with Crippen molar-refractivity contribution in [3.63, 3.8) is 0 Å². The number of amidine groups is 1. The summed E-state index contributed by atoms with van der Waals surface area (Å²) in [6.45, 7) is 1.30. The van der Waals surface area contributed by atoms with Crippen LogP contribution in [0.2, 0.25) is 0 Å². The molecular weight excluding hydrogens is 208 g/mol. The van der Waals surface area contributed by atoms with Crippen molar-refractivity contribution in [3.05, 3.63) is 24.0 Å². The van der Waals surface area contributed by atoms with E-state index in [1.807, 2.05) is 19.0 Å². The lowest BCUT2D eigenvalue weighted by atomic mass is 10.3. The van der Waals surface area contributed by atoms with Gasteiger partial charge in [0, 0.05) is 12.7 Å². The quantitative estimate of drug-likeness (QED) is 0.321. The van der Waals surface area contributed by atoms with Crippen LogP contribution in [0.4, 0.5) is 0 Å². The van der Waals surface area contributed by atoms with E-state index in [2.05, 4.69) is 10.1 Å². The lowest BCUT2D eigenvalue weighted by molar-refractivity contribution is 0.260. The van der Waals surface area contributed by atoms with E-state index in [1.165, 1.54) is 0 Å². The molecular formula is C10H16N4O2. The maximum Gasteiger partial charge on any atom is 0.192 e. The zero-order valence-electron chi connectivity index (χ0n) is 9.42. The largest absolute Gasteiger partial charge is 0.490 e. The molecule has 0 unspecified atom stereocenters. The van der Waals surface area contributed by atoms with Gasteiger partial charge in [-0.15, -0.1) is 0 Å². The SMILES string of the molecule is CN(C)CCOc1cccnc1/C(N)=N/O. The third kappa shape index (κ3) is 3.39. The zero-order valence-corrected chi connectivity index (χ0v) is 9.42. The molecule has 3 N–H and O–H groups in total. The molecule has 0 saturated heterocycles. The minimum absolute atomic E-state index is 0.0551. The Morgan fingerprint density at radius 2 is 2.38 bits per heavy atom. The fraction of sp³-hybridized carbons (Fsp3) is 0.400. The number of aromatic nitrogens is 1. The first-order valence-electron chi connectivity index (χ1n) is 4.85. The van der Waals surface area contributed by atoms with Gasteiger partial charge in [-0.3, -0.25) is 0 Å². The summed E-state index contributed by atoms with van der Waals surface area (Å²) < 4.78 is 5.49. The van der Waals surface area contributed by atoms with Crippen molar-refractivity contribution in [3.8, 4) is 5.75 Å². The average Bonchev–Trinajstić information content (AvgIpc) is 2.28. The molecule has 6 nitrogen and oxygen atoms in total. The molecule has 6 heteroatoms. The number of oxime groups is 1. The monoisotopic (exact) mass is 224 g/mol. The molecule has 0 radical (unpaired) electrons. The molecule has 1 heterocycles. The smallest absolute Gasteiger partial charge is 0.192 e. The normalized spacial score (nSPS) is 11.8. The van der Waals surface area contributed by atoms with Crippen molar-refractivity contribution in [2.75, 3.05) is 27.2 Å². The average molecular weight is 224 g/mol. The Morgan fingerprint density at radius 1 is 1.62 bits per heavy atom. The zero-order chi connectivity index (χ0) is 12.0. The van der Waals surface area contributed by atoms with Crippen LogP contribution in [0.25, 0.3) is 0 Å². The van der Waals surface area contributed by atoms with Crippen molar-refractivity contribution in [2.45, 2.75) is 0 Å². The second kappa shape index (κ2) is 5.92. The number of nitrogens with zero attached hydrogens (tertiary/aromatic N) is 3. The lowest BCUT2D eigenvalue weighted by Gasteiger charge is -2.12. The van der Waals surface area contributed by atoms with Gasteiger partial charge in [-0.2, -0.15) is 0 Å². The molecule has 0 aliphatic rings. The Kier molecular flexibility index (Phi) is 4.53. The van der Waals surface area contributed by atoms with E-state index in [9.17, 15) is 0 Å². The van der Waals surface area contributed by atoms with E-state index >= 15 is 0 Å². The van der Waals surface area contributed by atoms with Gasteiger partial charge in [-0.05, 0) is 26.2 Å². The van der Waals surface area contributed by atoms with Crippen LogP contribution in [-0.4, -0.2) is 48.2 Å². The lowest BCUT2D eigenvalue weighted by Crippen LogP contribution is -2.21. The van der Waals surface area contributed by atoms with Gasteiger partial charge in [0.25, 0.3) is 0 Å². The van der Waals surface area contributed by atoms with Gasteiger partial charge in [-0.25, -0.2) is 4.98 Å². The summed E-state index contributed by atoms with van der Waals surface area (Å²) in [5, 5.41) is 11.5. The summed E-state index contributed by atoms with van der Waals surface area (Å²) in [6, 6.07) is 3.47. The Bertz CT molecular complexity index is 366. The van der Waals surface area contributed by atoms with Crippen LogP contribution in [-0.2, 0) is 0 Å². The highest BCUT2D eigenvalue weighted by atomic mass is 16.5. The molecule has 16 heavy (non-hydrogen) atoms. The second-order valence-corrected chi connectivity index (χ2v) is 3.49. The van der Waals surface area contributed by atoms with Gasteiger partial charge >= 0.3 is 0 Å². The third-order valence-corrected chi connectivity index (χ3v) is 1.92. The van der Waals surface area contributed by atoms with Crippen LogP contribution in [0.15, 0.2) is 23.5 Å². The molecule has 0 fully saturated rings. The fourth-order valence-corrected chi connectivity index (χ4v) is 1.08. The molecule has 0 amide bonds. The first-order valence-corrected chi connectivity index (χ1v) is 4.85. The van der Waals surface area contributed by atoms with Gasteiger partial charge in [-0.1, -0.05) is 5.16 Å². The number of ether oxygens (including phenoxy) is 1. The number of nitrogens with two attached hydrogens (primary N) is 1. The fourth-order valence-electron chi connectivity index (χ4n) is 1.08. The Hall–Kier alpha value is -1.82. The molecule has 0 atom stereocenters. The van der Waals surface area contributed by atoms with Gasteiger partial charge < -0.3 is 20.6 Å². The van der Waals surface area contributed by atoms with E-state index in [4.69, 9.17) is 15.7 Å². The predicted octanol–water partition coefficient (Wildman–Crippen LogP) is 0.116. The molecule has 0 spiro atoms. The van der Waals surface area contributed by atoms with Crippen LogP contribution < -0.4 is 10.5 Å². The maximum absolute atomic E-state index is 8.59. The Morgan fingerprint density at radius 3 is 3.00 bits per heavy atom. The maximum atomic E-state index is 8.59. The van der Waals surface area contributed by atoms with Gasteiger partial charge in [0.1, 0.15) is 12.4 Å². The molecule has 1 rings (SSSR count). The molecule has 0 bridgehead atoms. The molecule has 0 saturated carbocycles. The Labute approximate surface area is 94.3 Å². The number of rotatable bonds is 5. The number of pyridine rings is 1. The molecule has 0 aliphatic carbocycles. The highest BCUT2D eigenvalue weighted by molar-refractivity contribution is 5.97. The van der Waals surface area contributed by atoms with Crippen LogP contribution in [0.1, 0.15) is 5.69 Å². The van der Waals surface area contributed by atoms with Gasteiger partial charge in [0.2, 0.25) is 0 Å². The Balaban J connectivity index is 2.72. The van der Waals surface area contributed by atoms with E-state index in [0.717, 1.165) is 6.54 Å². The van der Waals surface area contributed by atoms with E-state index in [1.54, 1.807) is 18.3 Å². The number of hydrogen-bond acceptors (Lipinski definition) is 5. The molecule has 0 aromatic carbocycles. The second-order valence-electron chi connectivity index (χ2n) is 3.49. The molecule has 1 aromatic rings. The van der Waals surface area contributed by atoms with E-state index in [0.29, 0.717) is 18.1 Å². The minimum atomic E-state index is -0.0551. The summed E-state index contributed by atoms with van der Waals surface area (Å²) in [7, 11) is 3.91.